The van der Waals surface area contributed by atoms with Crippen LogP contribution >= 0.6 is 0 Å². The Bertz CT molecular complexity index is 493. The van der Waals surface area contributed by atoms with Crippen molar-refractivity contribution in [2.45, 2.75) is 38.8 Å². The van der Waals surface area contributed by atoms with Gasteiger partial charge in [-0.2, -0.15) is 0 Å². The zero-order valence-electron chi connectivity index (χ0n) is 11.8. The Labute approximate surface area is 118 Å². The number of aliphatic hydroxyl groups excluding tert-OH is 1. The molecular formula is C15H21FN2O2. The molecule has 110 valence electrons. The SMILES string of the molecule is CC(CO)C(C)NC(=O)NC1CCc2ccc(F)cc21. The Hall–Kier alpha value is -1.62. The van der Waals surface area contributed by atoms with Gasteiger partial charge in [0.2, 0.25) is 0 Å². The summed E-state index contributed by atoms with van der Waals surface area (Å²) in [5.74, 6) is -0.283. The highest BCUT2D eigenvalue weighted by Gasteiger charge is 2.25. The topological polar surface area (TPSA) is 61.4 Å². The predicted molar refractivity (Wildman–Crippen MR) is 74.8 cm³/mol. The molecule has 2 amide bonds. The maximum Gasteiger partial charge on any atom is 0.315 e. The summed E-state index contributed by atoms with van der Waals surface area (Å²) in [6, 6.07) is 4.19. The summed E-state index contributed by atoms with van der Waals surface area (Å²) in [6.07, 6.45) is 1.64. The van der Waals surface area contributed by atoms with Gasteiger partial charge in [-0.05, 0) is 48.9 Å². The number of urea groups is 1. The van der Waals surface area contributed by atoms with E-state index < -0.39 is 0 Å². The van der Waals surface area contributed by atoms with Gasteiger partial charge in [-0.15, -0.1) is 0 Å². The number of amides is 2. The van der Waals surface area contributed by atoms with Gasteiger partial charge in [0.05, 0.1) is 6.04 Å². The van der Waals surface area contributed by atoms with E-state index in [-0.39, 0.29) is 36.5 Å². The molecule has 1 aromatic rings. The Kier molecular flexibility index (Phi) is 4.60. The Morgan fingerprint density at radius 1 is 1.50 bits per heavy atom. The molecule has 3 N–H and O–H groups in total. The number of carbonyl (C=O) groups is 1. The molecule has 0 aromatic heterocycles. The van der Waals surface area contributed by atoms with Crippen molar-refractivity contribution >= 4 is 6.03 Å². The first-order valence-corrected chi connectivity index (χ1v) is 6.97. The molecule has 0 fully saturated rings. The first kappa shape index (κ1) is 14.8. The highest BCUT2D eigenvalue weighted by atomic mass is 19.1. The number of rotatable bonds is 4. The van der Waals surface area contributed by atoms with E-state index in [1.54, 1.807) is 6.07 Å². The van der Waals surface area contributed by atoms with Crippen LogP contribution in [-0.2, 0) is 6.42 Å². The molecule has 0 aliphatic heterocycles. The minimum absolute atomic E-state index is 0.00550. The van der Waals surface area contributed by atoms with Crippen LogP contribution in [0.5, 0.6) is 0 Å². The van der Waals surface area contributed by atoms with E-state index >= 15 is 0 Å². The predicted octanol–water partition coefficient (Wildman–Crippen LogP) is 2.13. The molecule has 0 bridgehead atoms. The van der Waals surface area contributed by atoms with Gasteiger partial charge in [-0.3, -0.25) is 0 Å². The van der Waals surface area contributed by atoms with Crippen molar-refractivity contribution < 1.29 is 14.3 Å². The van der Waals surface area contributed by atoms with Crippen molar-refractivity contribution in [2.75, 3.05) is 6.61 Å². The van der Waals surface area contributed by atoms with E-state index in [2.05, 4.69) is 10.6 Å². The summed E-state index contributed by atoms with van der Waals surface area (Å²) < 4.78 is 13.3. The third-order valence-electron chi connectivity index (χ3n) is 3.99. The van der Waals surface area contributed by atoms with Gasteiger partial charge in [0.25, 0.3) is 0 Å². The third kappa shape index (κ3) is 3.28. The zero-order chi connectivity index (χ0) is 14.7. The van der Waals surface area contributed by atoms with Crippen LogP contribution in [0, 0.1) is 11.7 Å². The highest BCUT2D eigenvalue weighted by Crippen LogP contribution is 2.31. The van der Waals surface area contributed by atoms with Crippen molar-refractivity contribution in [1.29, 1.82) is 0 Å². The molecule has 1 aliphatic carbocycles. The van der Waals surface area contributed by atoms with Crippen molar-refractivity contribution in [3.05, 3.63) is 35.1 Å². The largest absolute Gasteiger partial charge is 0.396 e. The molecular weight excluding hydrogens is 259 g/mol. The molecule has 0 saturated carbocycles. The van der Waals surface area contributed by atoms with E-state index in [0.29, 0.717) is 0 Å². The zero-order valence-corrected chi connectivity index (χ0v) is 11.8. The van der Waals surface area contributed by atoms with E-state index in [1.165, 1.54) is 12.1 Å². The van der Waals surface area contributed by atoms with Crippen LogP contribution in [0.1, 0.15) is 37.4 Å². The summed E-state index contributed by atoms with van der Waals surface area (Å²) in [4.78, 5) is 11.9. The molecule has 1 aromatic carbocycles. The van der Waals surface area contributed by atoms with Crippen LogP contribution in [0.3, 0.4) is 0 Å². The standard InChI is InChI=1S/C15H21FN2O2/c1-9(8-19)10(2)17-15(20)18-14-6-4-11-3-5-12(16)7-13(11)14/h3,5,7,9-10,14,19H,4,6,8H2,1-2H3,(H2,17,18,20). The summed E-state index contributed by atoms with van der Waals surface area (Å²) in [7, 11) is 0. The first-order valence-electron chi connectivity index (χ1n) is 6.97. The fraction of sp³-hybridized carbons (Fsp3) is 0.533. The van der Waals surface area contributed by atoms with E-state index in [0.717, 1.165) is 24.0 Å². The fourth-order valence-corrected chi connectivity index (χ4v) is 2.43. The number of hydrogen-bond acceptors (Lipinski definition) is 2. The van der Waals surface area contributed by atoms with Gasteiger partial charge < -0.3 is 15.7 Å². The number of benzene rings is 1. The minimum Gasteiger partial charge on any atom is -0.396 e. The summed E-state index contributed by atoms with van der Waals surface area (Å²) in [5, 5.41) is 14.7. The number of aryl methyl sites for hydroxylation is 1. The van der Waals surface area contributed by atoms with Gasteiger partial charge in [-0.25, -0.2) is 9.18 Å². The molecule has 20 heavy (non-hydrogen) atoms. The monoisotopic (exact) mass is 280 g/mol. The molecule has 5 heteroatoms. The van der Waals surface area contributed by atoms with E-state index in [9.17, 15) is 9.18 Å². The maximum atomic E-state index is 13.3. The van der Waals surface area contributed by atoms with Crippen LogP contribution in [0.15, 0.2) is 18.2 Å². The van der Waals surface area contributed by atoms with Crippen molar-refractivity contribution in [3.63, 3.8) is 0 Å². The summed E-state index contributed by atoms with van der Waals surface area (Å²) >= 11 is 0. The number of hydrogen-bond donors (Lipinski definition) is 3. The smallest absolute Gasteiger partial charge is 0.315 e. The van der Waals surface area contributed by atoms with E-state index in [1.807, 2.05) is 13.8 Å². The molecule has 0 heterocycles. The molecule has 0 spiro atoms. The number of halogens is 1. The van der Waals surface area contributed by atoms with Crippen molar-refractivity contribution in [3.8, 4) is 0 Å². The lowest BCUT2D eigenvalue weighted by atomic mass is 10.1. The van der Waals surface area contributed by atoms with Crippen LogP contribution in [0.4, 0.5) is 9.18 Å². The molecule has 3 unspecified atom stereocenters. The number of carbonyl (C=O) groups excluding carboxylic acids is 1. The second kappa shape index (κ2) is 6.22. The third-order valence-corrected chi connectivity index (χ3v) is 3.99. The second-order valence-corrected chi connectivity index (χ2v) is 5.50. The molecule has 1 aliphatic rings. The van der Waals surface area contributed by atoms with Crippen LogP contribution in [0.25, 0.3) is 0 Å². The van der Waals surface area contributed by atoms with Gasteiger partial charge in [0.15, 0.2) is 0 Å². The van der Waals surface area contributed by atoms with Gasteiger partial charge in [0.1, 0.15) is 5.82 Å². The summed E-state index contributed by atoms with van der Waals surface area (Å²) in [6.45, 7) is 3.74. The maximum absolute atomic E-state index is 13.3. The Balaban J connectivity index is 1.96. The average molecular weight is 280 g/mol. The van der Waals surface area contributed by atoms with Gasteiger partial charge in [-0.1, -0.05) is 13.0 Å². The highest BCUT2D eigenvalue weighted by molar-refractivity contribution is 5.75. The quantitative estimate of drug-likeness (QED) is 0.791. The fourth-order valence-electron chi connectivity index (χ4n) is 2.43. The number of fused-ring (bicyclic) bond motifs is 1. The Morgan fingerprint density at radius 3 is 2.95 bits per heavy atom. The number of aliphatic hydroxyl groups is 1. The Morgan fingerprint density at radius 2 is 2.25 bits per heavy atom. The van der Waals surface area contributed by atoms with Gasteiger partial charge in [0, 0.05) is 12.6 Å². The van der Waals surface area contributed by atoms with Crippen LogP contribution < -0.4 is 10.6 Å². The van der Waals surface area contributed by atoms with E-state index in [4.69, 9.17) is 5.11 Å². The molecule has 2 rings (SSSR count). The first-order chi connectivity index (χ1) is 9.51. The molecule has 0 saturated heterocycles. The average Bonchev–Trinajstić information content (AvgIpc) is 2.80. The lowest BCUT2D eigenvalue weighted by Crippen LogP contribution is -2.45. The lowest BCUT2D eigenvalue weighted by molar-refractivity contribution is 0.199. The normalized spacial score (nSPS) is 20.1. The van der Waals surface area contributed by atoms with Gasteiger partial charge >= 0.3 is 6.03 Å². The molecule has 4 nitrogen and oxygen atoms in total. The van der Waals surface area contributed by atoms with Crippen molar-refractivity contribution in [2.24, 2.45) is 5.92 Å². The van der Waals surface area contributed by atoms with Crippen LogP contribution in [-0.4, -0.2) is 23.8 Å². The number of nitrogens with one attached hydrogen (secondary N) is 2. The summed E-state index contributed by atoms with van der Waals surface area (Å²) in [5.41, 5.74) is 1.96. The second-order valence-electron chi connectivity index (χ2n) is 5.50. The molecule has 3 atom stereocenters. The van der Waals surface area contributed by atoms with Crippen LogP contribution in [0.2, 0.25) is 0 Å². The lowest BCUT2D eigenvalue weighted by Gasteiger charge is -2.21. The minimum atomic E-state index is -0.278. The molecule has 0 radical (unpaired) electrons. The van der Waals surface area contributed by atoms with Crippen molar-refractivity contribution in [1.82, 2.24) is 10.6 Å².